The van der Waals surface area contributed by atoms with Gasteiger partial charge in [0.25, 0.3) is 0 Å². The summed E-state index contributed by atoms with van der Waals surface area (Å²) in [5.41, 5.74) is 3.43. The van der Waals surface area contributed by atoms with E-state index in [1.165, 1.54) is 3.57 Å². The fourth-order valence-electron chi connectivity index (χ4n) is 2.41. The van der Waals surface area contributed by atoms with Crippen LogP contribution in [0.2, 0.25) is 5.02 Å². The number of nitriles is 1. The topological polar surface area (TPSA) is 33.0 Å². The highest BCUT2D eigenvalue weighted by molar-refractivity contribution is 14.1. The van der Waals surface area contributed by atoms with Gasteiger partial charge < -0.3 is 4.74 Å². The summed E-state index contributed by atoms with van der Waals surface area (Å²) in [6, 6.07) is 25.4. The number of ether oxygens (including phenoxy) is 1. The van der Waals surface area contributed by atoms with Crippen LogP contribution in [0.25, 0.3) is 11.6 Å². The van der Waals surface area contributed by atoms with Gasteiger partial charge in [-0.25, -0.2) is 0 Å². The highest BCUT2D eigenvalue weighted by atomic mass is 127. The minimum absolute atomic E-state index is 0.526. The molecule has 3 aromatic carbocycles. The predicted octanol–water partition coefficient (Wildman–Crippen LogP) is 6.59. The molecule has 0 aliphatic rings. The van der Waals surface area contributed by atoms with E-state index in [4.69, 9.17) is 16.3 Å². The zero-order chi connectivity index (χ0) is 18.4. The third kappa shape index (κ3) is 5.10. The minimum atomic E-state index is 0.526. The molecule has 3 aromatic rings. The van der Waals surface area contributed by atoms with Crippen LogP contribution < -0.4 is 4.74 Å². The predicted molar refractivity (Wildman–Crippen MR) is 115 cm³/mol. The Hall–Kier alpha value is -2.29. The van der Waals surface area contributed by atoms with Crippen molar-refractivity contribution in [1.29, 1.82) is 5.26 Å². The molecule has 0 radical (unpaired) electrons. The first-order chi connectivity index (χ1) is 12.6. The third-order valence-corrected chi connectivity index (χ3v) is 4.72. The number of halogens is 2. The van der Waals surface area contributed by atoms with Crippen LogP contribution in [0, 0.1) is 14.9 Å². The van der Waals surface area contributed by atoms with Crippen LogP contribution in [0.3, 0.4) is 0 Å². The van der Waals surface area contributed by atoms with Gasteiger partial charge in [0.15, 0.2) is 0 Å². The highest BCUT2D eigenvalue weighted by Crippen LogP contribution is 2.22. The van der Waals surface area contributed by atoms with E-state index in [1.54, 1.807) is 12.1 Å². The molecule has 0 aromatic heterocycles. The van der Waals surface area contributed by atoms with Gasteiger partial charge in [-0.3, -0.25) is 0 Å². The number of nitrogens with zero attached hydrogens (tertiary/aromatic N) is 1. The number of rotatable bonds is 5. The van der Waals surface area contributed by atoms with Crippen molar-refractivity contribution in [3.63, 3.8) is 0 Å². The van der Waals surface area contributed by atoms with E-state index in [1.807, 2.05) is 42.5 Å². The Morgan fingerprint density at radius 1 is 1.04 bits per heavy atom. The summed E-state index contributed by atoms with van der Waals surface area (Å²) in [5, 5.41) is 10.0. The van der Waals surface area contributed by atoms with Gasteiger partial charge in [0, 0.05) is 8.59 Å². The molecule has 0 unspecified atom stereocenters. The van der Waals surface area contributed by atoms with Gasteiger partial charge in [-0.1, -0.05) is 48.0 Å². The number of benzene rings is 3. The van der Waals surface area contributed by atoms with Crippen LogP contribution in [-0.4, -0.2) is 0 Å². The van der Waals surface area contributed by atoms with Crippen molar-refractivity contribution in [2.75, 3.05) is 0 Å². The Kier molecular flexibility index (Phi) is 6.32. The van der Waals surface area contributed by atoms with Crippen molar-refractivity contribution >= 4 is 45.8 Å². The van der Waals surface area contributed by atoms with Crippen molar-refractivity contribution in [3.05, 3.63) is 98.1 Å². The van der Waals surface area contributed by atoms with Crippen molar-refractivity contribution < 1.29 is 4.74 Å². The standard InChI is InChI=1S/C22H15ClINO/c23-20-3-1-2-18(13-20)19(14-25)12-16-6-10-22(11-7-16)26-15-17-4-8-21(24)9-5-17/h1-13H,15H2/b19-12-. The molecule has 0 aliphatic heterocycles. The normalized spacial score (nSPS) is 11.0. The minimum Gasteiger partial charge on any atom is -0.489 e. The van der Waals surface area contributed by atoms with Crippen LogP contribution in [0.15, 0.2) is 72.8 Å². The van der Waals surface area contributed by atoms with Crippen molar-refractivity contribution in [3.8, 4) is 11.8 Å². The Morgan fingerprint density at radius 3 is 2.42 bits per heavy atom. The molecule has 0 atom stereocenters. The molecule has 0 heterocycles. The molecule has 0 amide bonds. The quantitative estimate of drug-likeness (QED) is 0.239. The first kappa shape index (κ1) is 18.5. The Morgan fingerprint density at radius 2 is 1.77 bits per heavy atom. The summed E-state index contributed by atoms with van der Waals surface area (Å²) in [6.07, 6.45) is 1.84. The largest absolute Gasteiger partial charge is 0.489 e. The third-order valence-electron chi connectivity index (χ3n) is 3.77. The Labute approximate surface area is 171 Å². The van der Waals surface area contributed by atoms with E-state index < -0.39 is 0 Å². The maximum absolute atomic E-state index is 9.43. The average molecular weight is 472 g/mol. The van der Waals surface area contributed by atoms with Crippen molar-refractivity contribution in [2.45, 2.75) is 6.61 Å². The summed E-state index contributed by atoms with van der Waals surface area (Å²) in [4.78, 5) is 0. The van der Waals surface area contributed by atoms with Crippen LogP contribution in [0.1, 0.15) is 16.7 Å². The maximum Gasteiger partial charge on any atom is 0.119 e. The SMILES string of the molecule is N#C/C(=C/c1ccc(OCc2ccc(I)cc2)cc1)c1cccc(Cl)c1. The molecule has 0 aliphatic carbocycles. The summed E-state index contributed by atoms with van der Waals surface area (Å²) in [7, 11) is 0. The average Bonchev–Trinajstić information content (AvgIpc) is 2.66. The summed E-state index contributed by atoms with van der Waals surface area (Å²) < 4.78 is 7.02. The molecular weight excluding hydrogens is 457 g/mol. The van der Waals surface area contributed by atoms with Gasteiger partial charge in [0.05, 0.1) is 11.6 Å². The molecule has 26 heavy (non-hydrogen) atoms. The van der Waals surface area contributed by atoms with Gasteiger partial charge in [0.1, 0.15) is 12.4 Å². The van der Waals surface area contributed by atoms with E-state index in [2.05, 4.69) is 52.9 Å². The maximum atomic E-state index is 9.43. The number of hydrogen-bond acceptors (Lipinski definition) is 2. The van der Waals surface area contributed by atoms with Gasteiger partial charge >= 0.3 is 0 Å². The van der Waals surface area contributed by atoms with Crippen molar-refractivity contribution in [1.82, 2.24) is 0 Å². The molecule has 0 saturated heterocycles. The summed E-state index contributed by atoms with van der Waals surface area (Å²) >= 11 is 8.29. The van der Waals surface area contributed by atoms with E-state index in [0.717, 1.165) is 22.4 Å². The summed E-state index contributed by atoms with van der Waals surface area (Å²) in [6.45, 7) is 0.526. The second-order valence-electron chi connectivity index (χ2n) is 5.66. The second-order valence-corrected chi connectivity index (χ2v) is 7.35. The molecule has 0 spiro atoms. The van der Waals surface area contributed by atoms with Crippen LogP contribution >= 0.6 is 34.2 Å². The Bertz CT molecular complexity index is 957. The zero-order valence-electron chi connectivity index (χ0n) is 13.8. The fourth-order valence-corrected chi connectivity index (χ4v) is 2.96. The lowest BCUT2D eigenvalue weighted by atomic mass is 10.0. The molecular formula is C22H15ClINO. The molecule has 4 heteroatoms. The number of hydrogen-bond donors (Lipinski definition) is 0. The lowest BCUT2D eigenvalue weighted by Crippen LogP contribution is -1.95. The van der Waals surface area contributed by atoms with Crippen LogP contribution in [-0.2, 0) is 6.61 Å². The van der Waals surface area contributed by atoms with Gasteiger partial charge in [0.2, 0.25) is 0 Å². The molecule has 0 N–H and O–H groups in total. The Balaban J connectivity index is 1.70. The zero-order valence-corrected chi connectivity index (χ0v) is 16.7. The smallest absolute Gasteiger partial charge is 0.119 e. The first-order valence-corrected chi connectivity index (χ1v) is 9.45. The van der Waals surface area contributed by atoms with E-state index in [9.17, 15) is 5.26 Å². The van der Waals surface area contributed by atoms with Crippen LogP contribution in [0.4, 0.5) is 0 Å². The molecule has 3 rings (SSSR count). The van der Waals surface area contributed by atoms with E-state index >= 15 is 0 Å². The van der Waals surface area contributed by atoms with E-state index in [0.29, 0.717) is 17.2 Å². The lowest BCUT2D eigenvalue weighted by molar-refractivity contribution is 0.306. The van der Waals surface area contributed by atoms with Gasteiger partial charge in [-0.2, -0.15) is 5.26 Å². The van der Waals surface area contributed by atoms with Crippen molar-refractivity contribution in [2.24, 2.45) is 0 Å². The first-order valence-electron chi connectivity index (χ1n) is 7.99. The molecule has 0 saturated carbocycles. The fraction of sp³-hybridized carbons (Fsp3) is 0.0455. The highest BCUT2D eigenvalue weighted by Gasteiger charge is 2.03. The second kappa shape index (κ2) is 8.88. The monoisotopic (exact) mass is 471 g/mol. The molecule has 2 nitrogen and oxygen atoms in total. The van der Waals surface area contributed by atoms with Gasteiger partial charge in [-0.15, -0.1) is 0 Å². The molecule has 128 valence electrons. The molecule has 0 fully saturated rings. The molecule has 0 bridgehead atoms. The van der Waals surface area contributed by atoms with Gasteiger partial charge in [-0.05, 0) is 81.8 Å². The number of allylic oxidation sites excluding steroid dienone is 1. The van der Waals surface area contributed by atoms with Crippen LogP contribution in [0.5, 0.6) is 5.75 Å². The van der Waals surface area contributed by atoms with E-state index in [-0.39, 0.29) is 0 Å². The summed E-state index contributed by atoms with van der Waals surface area (Å²) in [5.74, 6) is 0.793. The lowest BCUT2D eigenvalue weighted by Gasteiger charge is -2.07.